The van der Waals surface area contributed by atoms with Gasteiger partial charge in [0.15, 0.2) is 5.78 Å². The quantitative estimate of drug-likeness (QED) is 0.0531. The lowest BCUT2D eigenvalue weighted by Crippen LogP contribution is -2.22. The second-order valence-corrected chi connectivity index (χ2v) is 17.3. The molecule has 0 aliphatic heterocycles. The molecule has 0 aliphatic rings. The number of fused-ring (bicyclic) bond motifs is 1. The maximum absolute atomic E-state index is 13.4. The highest BCUT2D eigenvalue weighted by Gasteiger charge is 2.29. The number of benzene rings is 8. The fourth-order valence-corrected chi connectivity index (χ4v) is 8.33. The number of hydrogen-bond donors (Lipinski definition) is 0. The summed E-state index contributed by atoms with van der Waals surface area (Å²) in [5.74, 6) is 1.67. The second kappa shape index (κ2) is 20.3. The van der Waals surface area contributed by atoms with Gasteiger partial charge in [0.2, 0.25) is 0 Å². The van der Waals surface area contributed by atoms with Gasteiger partial charge in [-0.3, -0.25) is 4.79 Å². The molecule has 2 atom stereocenters. The molecular weight excluding hydrogens is 865 g/mol. The van der Waals surface area contributed by atoms with Gasteiger partial charge in [-0.05, 0) is 174 Å². The van der Waals surface area contributed by atoms with Crippen molar-refractivity contribution < 1.29 is 42.9 Å². The molecule has 0 fully saturated rings. The third kappa shape index (κ3) is 10.5. The molecule has 69 heavy (non-hydrogen) atoms. The number of ketones is 1. The molecule has 0 amide bonds. The summed E-state index contributed by atoms with van der Waals surface area (Å²) < 4.78 is 28.5. The SMILES string of the molecule is CCC(C)(c1ccc(OC)cc1)c1ccc(OC(=O)c2ccc3cc(C(=O)Oc4ccc(C(C)(CC)c5ccc(OC(=O)c6ccc(Oc7ccc(C(C)=O)cc7)cc6)cc5)cc4)ccc3c2)cc1. The summed E-state index contributed by atoms with van der Waals surface area (Å²) in [7, 11) is 1.65. The molecule has 0 saturated carbocycles. The molecule has 0 aliphatic carbocycles. The molecule has 8 aromatic rings. The average Bonchev–Trinajstić information content (AvgIpc) is 3.38. The highest BCUT2D eigenvalue weighted by molar-refractivity contribution is 6.00. The van der Waals surface area contributed by atoms with Crippen molar-refractivity contribution in [2.75, 3.05) is 7.11 Å². The monoisotopic (exact) mass is 916 g/mol. The molecule has 0 spiro atoms. The second-order valence-electron chi connectivity index (χ2n) is 17.3. The van der Waals surface area contributed by atoms with Crippen molar-refractivity contribution in [1.82, 2.24) is 0 Å². The molecule has 9 nitrogen and oxygen atoms in total. The largest absolute Gasteiger partial charge is 0.497 e. The number of methoxy groups -OCH3 is 1. The zero-order valence-corrected chi connectivity index (χ0v) is 39.4. The van der Waals surface area contributed by atoms with Crippen LogP contribution in [0.5, 0.6) is 34.5 Å². The van der Waals surface area contributed by atoms with Crippen molar-refractivity contribution in [2.45, 2.75) is 58.3 Å². The van der Waals surface area contributed by atoms with E-state index in [1.807, 2.05) is 60.7 Å². The molecule has 8 aromatic carbocycles. The number of carbonyl (C=O) groups excluding carboxylic acids is 4. The van der Waals surface area contributed by atoms with Crippen LogP contribution in [0, 0.1) is 0 Å². The molecule has 0 bridgehead atoms. The summed E-state index contributed by atoms with van der Waals surface area (Å²) in [6.07, 6.45) is 1.65. The number of ether oxygens (including phenoxy) is 5. The summed E-state index contributed by atoms with van der Waals surface area (Å²) in [4.78, 5) is 51.2. The van der Waals surface area contributed by atoms with Gasteiger partial charge in [0.25, 0.3) is 0 Å². The third-order valence-electron chi connectivity index (χ3n) is 13.1. The van der Waals surface area contributed by atoms with Crippen LogP contribution in [0.25, 0.3) is 10.8 Å². The standard InChI is InChI=1S/C60H52O9/c1-7-59(4,46-17-29-50(65-6)30-18-46)47-21-33-54(34-22-47)68-57(63)44-11-9-43-38-45(12-10-42(43)37-44)58(64)69-55-35-23-49(24-36-55)60(5,8-2)48-19-31-53(32-20-48)67-56(62)41-15-27-52(28-16-41)66-51-25-13-40(14-26-51)39(3)61/h9-38H,7-8H2,1-6H3. The summed E-state index contributed by atoms with van der Waals surface area (Å²) in [5.41, 5.74) is 5.42. The lowest BCUT2D eigenvalue weighted by Gasteiger charge is -2.30. The first-order valence-corrected chi connectivity index (χ1v) is 22.8. The van der Waals surface area contributed by atoms with E-state index >= 15 is 0 Å². The smallest absolute Gasteiger partial charge is 0.343 e. The van der Waals surface area contributed by atoms with Crippen LogP contribution in [-0.4, -0.2) is 30.8 Å². The minimum atomic E-state index is -0.507. The average molecular weight is 917 g/mol. The van der Waals surface area contributed by atoms with Crippen molar-refractivity contribution in [3.63, 3.8) is 0 Å². The highest BCUT2D eigenvalue weighted by atomic mass is 16.5. The molecule has 0 aromatic heterocycles. The Bertz CT molecular complexity index is 3120. The van der Waals surface area contributed by atoms with Gasteiger partial charge in [-0.25, -0.2) is 14.4 Å². The lowest BCUT2D eigenvalue weighted by molar-refractivity contribution is 0.0725. The van der Waals surface area contributed by atoms with Gasteiger partial charge >= 0.3 is 17.9 Å². The number of Topliss-reactive ketones (excluding diaryl/α,β-unsaturated/α-hetero) is 1. The fraction of sp³-hybridized carbons (Fsp3) is 0.167. The van der Waals surface area contributed by atoms with Gasteiger partial charge in [0.05, 0.1) is 23.8 Å². The van der Waals surface area contributed by atoms with E-state index in [1.54, 1.807) is 116 Å². The summed E-state index contributed by atoms with van der Waals surface area (Å²) in [5, 5.41) is 1.55. The summed E-state index contributed by atoms with van der Waals surface area (Å²) in [6, 6.07) is 54.6. The number of esters is 3. The van der Waals surface area contributed by atoms with Crippen molar-refractivity contribution in [1.29, 1.82) is 0 Å². The Balaban J connectivity index is 0.855. The van der Waals surface area contributed by atoms with Crippen LogP contribution in [0.1, 0.15) is 111 Å². The Morgan fingerprint density at radius 2 is 0.667 bits per heavy atom. The summed E-state index contributed by atoms with van der Waals surface area (Å²) >= 11 is 0. The Kier molecular flexibility index (Phi) is 13.9. The minimum Gasteiger partial charge on any atom is -0.497 e. The lowest BCUT2D eigenvalue weighted by atomic mass is 9.74. The van der Waals surface area contributed by atoms with E-state index in [1.165, 1.54) is 12.5 Å². The maximum atomic E-state index is 13.4. The van der Waals surface area contributed by atoms with Crippen LogP contribution in [0.2, 0.25) is 0 Å². The molecule has 9 heteroatoms. The van der Waals surface area contributed by atoms with E-state index in [2.05, 4.69) is 39.8 Å². The molecular formula is C60H52O9. The molecule has 0 saturated heterocycles. The van der Waals surface area contributed by atoms with Crippen LogP contribution in [0.15, 0.2) is 182 Å². The molecule has 2 unspecified atom stereocenters. The minimum absolute atomic E-state index is 0.0217. The summed E-state index contributed by atoms with van der Waals surface area (Å²) in [6.45, 7) is 10.1. The molecule has 0 heterocycles. The molecule has 0 radical (unpaired) electrons. The number of rotatable bonds is 16. The Morgan fingerprint density at radius 1 is 0.377 bits per heavy atom. The van der Waals surface area contributed by atoms with Gasteiger partial charge in [0.1, 0.15) is 34.5 Å². The Hall–Kier alpha value is -8.30. The van der Waals surface area contributed by atoms with E-state index in [9.17, 15) is 19.2 Å². The van der Waals surface area contributed by atoms with Crippen LogP contribution >= 0.6 is 0 Å². The van der Waals surface area contributed by atoms with E-state index in [0.29, 0.717) is 51.0 Å². The fourth-order valence-electron chi connectivity index (χ4n) is 8.33. The van der Waals surface area contributed by atoms with E-state index in [0.717, 1.165) is 46.1 Å². The van der Waals surface area contributed by atoms with Crippen LogP contribution in [-0.2, 0) is 10.8 Å². The first kappa shape index (κ1) is 47.2. The number of hydrogen-bond acceptors (Lipinski definition) is 9. The Morgan fingerprint density at radius 3 is 0.986 bits per heavy atom. The van der Waals surface area contributed by atoms with Gasteiger partial charge in [-0.15, -0.1) is 0 Å². The van der Waals surface area contributed by atoms with E-state index < -0.39 is 23.3 Å². The zero-order valence-electron chi connectivity index (χ0n) is 39.4. The zero-order chi connectivity index (χ0) is 48.7. The van der Waals surface area contributed by atoms with Gasteiger partial charge in [0, 0.05) is 16.4 Å². The van der Waals surface area contributed by atoms with Crippen molar-refractivity contribution >= 4 is 34.5 Å². The van der Waals surface area contributed by atoms with Gasteiger partial charge in [-0.2, -0.15) is 0 Å². The van der Waals surface area contributed by atoms with Crippen LogP contribution < -0.4 is 23.7 Å². The first-order chi connectivity index (χ1) is 33.3. The van der Waals surface area contributed by atoms with Gasteiger partial charge in [-0.1, -0.05) is 88.4 Å². The van der Waals surface area contributed by atoms with Crippen molar-refractivity contribution in [3.8, 4) is 34.5 Å². The van der Waals surface area contributed by atoms with Crippen LogP contribution in [0.4, 0.5) is 0 Å². The van der Waals surface area contributed by atoms with Crippen molar-refractivity contribution in [3.05, 3.63) is 226 Å². The molecule has 8 rings (SSSR count). The topological polar surface area (TPSA) is 114 Å². The van der Waals surface area contributed by atoms with E-state index in [-0.39, 0.29) is 11.2 Å². The predicted molar refractivity (Wildman–Crippen MR) is 268 cm³/mol. The van der Waals surface area contributed by atoms with Crippen LogP contribution in [0.3, 0.4) is 0 Å². The molecule has 0 N–H and O–H groups in total. The Labute approximate surface area is 402 Å². The van der Waals surface area contributed by atoms with Gasteiger partial charge < -0.3 is 23.7 Å². The first-order valence-electron chi connectivity index (χ1n) is 22.8. The highest BCUT2D eigenvalue weighted by Crippen LogP contribution is 2.38. The van der Waals surface area contributed by atoms with Crippen molar-refractivity contribution in [2.24, 2.45) is 0 Å². The van der Waals surface area contributed by atoms with E-state index in [4.69, 9.17) is 23.7 Å². The maximum Gasteiger partial charge on any atom is 0.343 e. The predicted octanol–water partition coefficient (Wildman–Crippen LogP) is 13.9. The third-order valence-corrected chi connectivity index (χ3v) is 13.1. The molecule has 346 valence electrons. The normalized spacial score (nSPS) is 12.8. The number of carbonyl (C=O) groups is 4.